The van der Waals surface area contributed by atoms with E-state index in [1.54, 1.807) is 4.57 Å². The van der Waals surface area contributed by atoms with Crippen molar-refractivity contribution in [3.63, 3.8) is 0 Å². The third-order valence-corrected chi connectivity index (χ3v) is 17.3. The van der Waals surface area contributed by atoms with Crippen molar-refractivity contribution < 1.29 is 14.3 Å². The minimum absolute atomic E-state index is 0.00169. The summed E-state index contributed by atoms with van der Waals surface area (Å²) in [5.41, 5.74) is 7.51. The number of aromatic amines is 1. The molecule has 4 aliphatic carbocycles. The number of carbonyl (C=O) groups excluding carboxylic acids is 2. The molecule has 12 atom stereocenters. The zero-order valence-corrected chi connectivity index (χ0v) is 41.0. The first kappa shape index (κ1) is 48.0. The fourth-order valence-electron chi connectivity index (χ4n) is 14.8. The molecule has 11 rings (SSSR count). The van der Waals surface area contributed by atoms with Crippen molar-refractivity contribution in [1.29, 1.82) is 0 Å². The van der Waals surface area contributed by atoms with E-state index in [1.165, 1.54) is 116 Å². The number of esters is 1. The van der Waals surface area contributed by atoms with E-state index >= 15 is 0 Å². The van der Waals surface area contributed by atoms with E-state index in [9.17, 15) is 19.2 Å². The van der Waals surface area contributed by atoms with Crippen molar-refractivity contribution in [2.75, 3.05) is 5.73 Å². The number of H-pyrrole nitrogens is 1. The Morgan fingerprint density at radius 2 is 1.09 bits per heavy atom. The summed E-state index contributed by atoms with van der Waals surface area (Å²) in [7, 11) is 0. The SMILES string of the molecule is CC(=O)OC(Cl)(Cl)Cl.Nc1ccccc1C(=O)NC1C[C@H]2CCC[C@@H](C1)N2C1C[C@H]2CCC[C@@H](C1)C2.O=c1[nH]c2ccccc2c(=O)n1C1C[C@H]2CCC[C@@H](C1)N2C1C[C@H]2CCC[C@@H](C1)C2. The molecule has 1 aromatic heterocycles. The number of para-hydroxylation sites is 2. The summed E-state index contributed by atoms with van der Waals surface area (Å²) in [6, 6.07) is 19.1. The minimum Gasteiger partial charge on any atom is -0.415 e. The number of nitrogens with one attached hydrogen (secondary N) is 2. The van der Waals surface area contributed by atoms with Crippen molar-refractivity contribution >= 4 is 63.3 Å². The molecule has 360 valence electrons. The maximum Gasteiger partial charge on any atom is 0.340 e. The smallest absolute Gasteiger partial charge is 0.340 e. The number of hydrogen-bond acceptors (Lipinski definition) is 8. The fourth-order valence-corrected chi connectivity index (χ4v) is 15.2. The van der Waals surface area contributed by atoms with Crippen molar-refractivity contribution in [3.8, 4) is 0 Å². The predicted octanol–water partition coefficient (Wildman–Crippen LogP) is 10.4. The molecule has 4 saturated heterocycles. The van der Waals surface area contributed by atoms with Crippen molar-refractivity contribution in [2.45, 2.75) is 200 Å². The maximum atomic E-state index is 13.2. The molecule has 1 amide bonds. The van der Waals surface area contributed by atoms with Gasteiger partial charge in [0.1, 0.15) is 0 Å². The van der Waals surface area contributed by atoms with E-state index in [0.29, 0.717) is 52.4 Å². The lowest BCUT2D eigenvalue weighted by Gasteiger charge is -2.55. The lowest BCUT2D eigenvalue weighted by molar-refractivity contribution is -0.141. The van der Waals surface area contributed by atoms with Crippen LogP contribution in [0.25, 0.3) is 10.9 Å². The van der Waals surface area contributed by atoms with Crippen LogP contribution in [-0.4, -0.2) is 77.5 Å². The maximum absolute atomic E-state index is 13.2. The molecule has 8 bridgehead atoms. The number of ether oxygens (including phenoxy) is 1. The van der Waals surface area contributed by atoms with Crippen LogP contribution in [0, 0.1) is 23.7 Å². The number of rotatable bonds is 5. The Morgan fingerprint density at radius 1 is 0.621 bits per heavy atom. The van der Waals surface area contributed by atoms with Gasteiger partial charge in [0.05, 0.1) is 16.5 Å². The van der Waals surface area contributed by atoms with Gasteiger partial charge >= 0.3 is 15.6 Å². The average molecular weight is 967 g/mol. The van der Waals surface area contributed by atoms with Crippen LogP contribution >= 0.6 is 34.8 Å². The van der Waals surface area contributed by atoms with Gasteiger partial charge in [-0.05, 0) is 173 Å². The van der Waals surface area contributed by atoms with Crippen LogP contribution in [0.3, 0.4) is 0 Å². The summed E-state index contributed by atoms with van der Waals surface area (Å²) in [5.74, 6) is 3.22. The van der Waals surface area contributed by atoms with Gasteiger partial charge < -0.3 is 20.8 Å². The Balaban J connectivity index is 0.000000143. The monoisotopic (exact) mass is 964 g/mol. The highest BCUT2D eigenvalue weighted by Gasteiger charge is 2.47. The minimum atomic E-state index is -1.91. The number of anilines is 1. The molecule has 5 heterocycles. The highest BCUT2D eigenvalue weighted by molar-refractivity contribution is 6.66. The number of benzene rings is 2. The van der Waals surface area contributed by atoms with Crippen LogP contribution < -0.4 is 22.3 Å². The largest absolute Gasteiger partial charge is 0.415 e. The van der Waals surface area contributed by atoms with E-state index in [2.05, 4.69) is 24.8 Å². The Kier molecular flexibility index (Phi) is 15.2. The molecule has 8 fully saturated rings. The molecule has 66 heavy (non-hydrogen) atoms. The second-order valence-corrected chi connectivity index (χ2v) is 23.6. The van der Waals surface area contributed by atoms with Crippen LogP contribution in [0.2, 0.25) is 0 Å². The topological polar surface area (TPSA) is 143 Å². The predicted molar refractivity (Wildman–Crippen MR) is 264 cm³/mol. The number of hydrogen-bond donors (Lipinski definition) is 3. The molecular weight excluding hydrogens is 895 g/mol. The lowest BCUT2D eigenvalue weighted by atomic mass is 9.68. The van der Waals surface area contributed by atoms with E-state index in [-0.39, 0.29) is 23.2 Å². The molecule has 4 aliphatic heterocycles. The van der Waals surface area contributed by atoms with Gasteiger partial charge in [0.25, 0.3) is 11.5 Å². The third-order valence-electron chi connectivity index (χ3n) is 17.1. The first-order valence-corrected chi connectivity index (χ1v) is 26.6. The summed E-state index contributed by atoms with van der Waals surface area (Å²) in [6.07, 6.45) is 29.1. The number of fused-ring (bicyclic) bond motifs is 9. The summed E-state index contributed by atoms with van der Waals surface area (Å²) in [6.45, 7) is 1.15. The van der Waals surface area contributed by atoms with Crippen molar-refractivity contribution in [2.24, 2.45) is 23.7 Å². The number of aromatic nitrogens is 2. The second kappa shape index (κ2) is 20.9. The summed E-state index contributed by atoms with van der Waals surface area (Å²) >= 11 is 15.0. The van der Waals surface area contributed by atoms with Crippen molar-refractivity contribution in [1.82, 2.24) is 24.7 Å². The Bertz CT molecular complexity index is 2250. The molecule has 11 nitrogen and oxygen atoms in total. The lowest BCUT2D eigenvalue weighted by Crippen LogP contribution is -2.61. The molecule has 4 N–H and O–H groups in total. The van der Waals surface area contributed by atoms with Crippen LogP contribution in [-0.2, 0) is 9.53 Å². The van der Waals surface area contributed by atoms with Gasteiger partial charge in [-0.2, -0.15) is 0 Å². The molecule has 4 unspecified atom stereocenters. The molecule has 0 radical (unpaired) electrons. The molecule has 8 aliphatic rings. The first-order chi connectivity index (χ1) is 31.8. The summed E-state index contributed by atoms with van der Waals surface area (Å²) in [4.78, 5) is 57.6. The van der Waals surface area contributed by atoms with Crippen LogP contribution in [0.5, 0.6) is 0 Å². The molecule has 2 aromatic carbocycles. The van der Waals surface area contributed by atoms with Gasteiger partial charge in [0, 0.05) is 60.9 Å². The highest BCUT2D eigenvalue weighted by atomic mass is 35.6. The average Bonchev–Trinajstić information content (AvgIpc) is 3.25. The van der Waals surface area contributed by atoms with Gasteiger partial charge in [-0.3, -0.25) is 28.8 Å². The first-order valence-electron chi connectivity index (χ1n) is 25.5. The van der Waals surface area contributed by atoms with Crippen LogP contribution in [0.4, 0.5) is 5.69 Å². The molecular formula is C52H71Cl3N6O5. The number of carbonyl (C=O) groups is 2. The molecule has 3 aromatic rings. The highest BCUT2D eigenvalue weighted by Crippen LogP contribution is 2.48. The summed E-state index contributed by atoms with van der Waals surface area (Å²) < 4.78 is 3.74. The van der Waals surface area contributed by atoms with Gasteiger partial charge in [0.15, 0.2) is 0 Å². The normalized spacial score (nSPS) is 34.1. The van der Waals surface area contributed by atoms with E-state index in [4.69, 9.17) is 40.5 Å². The zero-order valence-electron chi connectivity index (χ0n) is 38.7. The van der Waals surface area contributed by atoms with E-state index in [1.807, 2.05) is 48.5 Å². The number of nitrogens with zero attached hydrogens (tertiary/aromatic N) is 3. The number of nitrogens with two attached hydrogens (primary N) is 1. The summed E-state index contributed by atoms with van der Waals surface area (Å²) in [5, 5.41) is 3.95. The Hall–Kier alpha value is -3.09. The number of halogens is 3. The van der Waals surface area contributed by atoms with Crippen molar-refractivity contribution in [3.05, 3.63) is 74.9 Å². The number of amides is 1. The quantitative estimate of drug-likeness (QED) is 0.130. The molecule has 14 heteroatoms. The van der Waals surface area contributed by atoms with E-state index in [0.717, 1.165) is 68.4 Å². The van der Waals surface area contributed by atoms with Gasteiger partial charge in [-0.25, -0.2) is 4.79 Å². The van der Waals surface area contributed by atoms with Gasteiger partial charge in [-0.1, -0.05) is 75.6 Å². The third kappa shape index (κ3) is 11.2. The molecule has 4 saturated carbocycles. The second-order valence-electron chi connectivity index (χ2n) is 21.5. The van der Waals surface area contributed by atoms with Crippen LogP contribution in [0.1, 0.15) is 165 Å². The standard InChI is InChI=1S/C25H33N3O2.C24H35N3O.C3H3Cl3O2/c29-24-22-9-1-2-10-23(22)26-25(30)28(24)21-14-18-7-4-8-19(15-21)27(18)20-12-16-5-3-6-17(11-16)13-20;25-23-10-2-1-9-22(23)24(28)26-18-14-19-7-4-8-20(15-18)27(19)21-12-16-5-3-6-17(11-16)13-21;1-2(7)8-3(4,5)6/h1-2,9-10,16-21H,3-8,11-15H2,(H,26,30);1-2,9-10,16-21H,3-8,11-15,25H2,(H,26,28);1H3/t16-,17+,18-,19+,20?,21?;16-,17+,18?,19-,20+,21?;. The van der Waals surface area contributed by atoms with E-state index < -0.39 is 9.95 Å². The Labute approximate surface area is 405 Å². The molecule has 0 spiro atoms. The van der Waals surface area contributed by atoms with Gasteiger partial charge in [0.2, 0.25) is 0 Å². The zero-order chi connectivity index (χ0) is 46.1. The number of alkyl halides is 3. The van der Waals surface area contributed by atoms with Crippen LogP contribution in [0.15, 0.2) is 58.1 Å². The number of nitrogen functional groups attached to an aromatic ring is 1. The fraction of sp³-hybridized carbons (Fsp3) is 0.692. The van der Waals surface area contributed by atoms with Gasteiger partial charge in [-0.15, -0.1) is 0 Å². The Morgan fingerprint density at radius 3 is 1.58 bits per heavy atom. The number of piperidine rings is 4.